The first-order chi connectivity index (χ1) is 16.9. The van der Waals surface area contributed by atoms with Crippen LogP contribution in [0.3, 0.4) is 0 Å². The minimum Gasteiger partial charge on any atom is -0.497 e. The Balaban J connectivity index is 1.60. The molecule has 35 heavy (non-hydrogen) atoms. The van der Waals surface area contributed by atoms with Crippen molar-refractivity contribution in [3.63, 3.8) is 0 Å². The third kappa shape index (κ3) is 4.29. The quantitative estimate of drug-likeness (QED) is 0.546. The van der Waals surface area contributed by atoms with Crippen molar-refractivity contribution in [2.24, 2.45) is 0 Å². The number of fused-ring (bicyclic) bond motifs is 1. The number of aromatic nitrogens is 2. The van der Waals surface area contributed by atoms with E-state index in [1.165, 1.54) is 6.42 Å². The molecule has 1 atom stereocenters. The number of amides is 2. The summed E-state index contributed by atoms with van der Waals surface area (Å²) >= 11 is 1.56. The van der Waals surface area contributed by atoms with E-state index in [0.29, 0.717) is 22.9 Å². The Kier molecular flexibility index (Phi) is 6.27. The SMILES string of the molecule is COc1cc(OC)cc(N2C(=O)c3cc(-c4cccs4)nn3C[C@@]2(C)C(=O)NC2CCCCC2)c1. The van der Waals surface area contributed by atoms with Crippen LogP contribution in [0.1, 0.15) is 49.5 Å². The van der Waals surface area contributed by atoms with E-state index in [-0.39, 0.29) is 24.4 Å². The summed E-state index contributed by atoms with van der Waals surface area (Å²) in [6.45, 7) is 2.04. The zero-order valence-electron chi connectivity index (χ0n) is 20.2. The molecule has 0 saturated heterocycles. The number of methoxy groups -OCH3 is 2. The van der Waals surface area contributed by atoms with Crippen LogP contribution in [0.5, 0.6) is 11.5 Å². The smallest absolute Gasteiger partial charge is 0.277 e. The molecule has 9 heteroatoms. The molecule has 1 aliphatic heterocycles. The summed E-state index contributed by atoms with van der Waals surface area (Å²) in [5.74, 6) is 0.614. The fourth-order valence-electron chi connectivity index (χ4n) is 5.04. The number of nitrogens with zero attached hydrogens (tertiary/aromatic N) is 3. The number of hydrogen-bond acceptors (Lipinski definition) is 6. The molecule has 8 nitrogen and oxygen atoms in total. The van der Waals surface area contributed by atoms with Gasteiger partial charge in [-0.1, -0.05) is 25.3 Å². The molecule has 0 radical (unpaired) electrons. The minimum atomic E-state index is -1.20. The summed E-state index contributed by atoms with van der Waals surface area (Å²) in [6, 6.07) is 11.1. The highest BCUT2D eigenvalue weighted by molar-refractivity contribution is 7.13. The van der Waals surface area contributed by atoms with E-state index >= 15 is 0 Å². The lowest BCUT2D eigenvalue weighted by Crippen LogP contribution is -2.65. The van der Waals surface area contributed by atoms with E-state index in [0.717, 1.165) is 36.3 Å². The lowest BCUT2D eigenvalue weighted by atomic mass is 9.91. The van der Waals surface area contributed by atoms with Gasteiger partial charge < -0.3 is 14.8 Å². The lowest BCUT2D eigenvalue weighted by molar-refractivity contribution is -0.127. The number of nitrogens with one attached hydrogen (secondary N) is 1. The molecule has 3 heterocycles. The normalized spacial score (nSPS) is 20.4. The maximum absolute atomic E-state index is 14.0. The van der Waals surface area contributed by atoms with Gasteiger partial charge in [0.1, 0.15) is 28.4 Å². The van der Waals surface area contributed by atoms with E-state index in [4.69, 9.17) is 14.6 Å². The van der Waals surface area contributed by atoms with E-state index in [1.807, 2.05) is 24.4 Å². The second kappa shape index (κ2) is 9.37. The van der Waals surface area contributed by atoms with Crippen LogP contribution in [-0.4, -0.2) is 47.4 Å². The van der Waals surface area contributed by atoms with Crippen LogP contribution in [0, 0.1) is 0 Å². The third-order valence-corrected chi connectivity index (χ3v) is 7.84. The van der Waals surface area contributed by atoms with Gasteiger partial charge in [0, 0.05) is 24.2 Å². The van der Waals surface area contributed by atoms with Gasteiger partial charge in [-0.05, 0) is 37.3 Å². The molecule has 1 fully saturated rings. The summed E-state index contributed by atoms with van der Waals surface area (Å²) in [4.78, 5) is 30.4. The average molecular weight is 495 g/mol. The number of carbonyl (C=O) groups excluding carboxylic acids is 2. The molecule has 184 valence electrons. The second-order valence-electron chi connectivity index (χ2n) is 9.34. The van der Waals surface area contributed by atoms with Crippen molar-refractivity contribution in [2.45, 2.75) is 57.2 Å². The van der Waals surface area contributed by atoms with Gasteiger partial charge >= 0.3 is 0 Å². The van der Waals surface area contributed by atoms with Crippen LogP contribution >= 0.6 is 11.3 Å². The van der Waals surface area contributed by atoms with Crippen molar-refractivity contribution in [1.29, 1.82) is 0 Å². The van der Waals surface area contributed by atoms with Crippen LogP contribution in [-0.2, 0) is 11.3 Å². The maximum Gasteiger partial charge on any atom is 0.277 e. The first-order valence-electron chi connectivity index (χ1n) is 11.9. The van der Waals surface area contributed by atoms with Gasteiger partial charge in [-0.15, -0.1) is 11.3 Å². The fourth-order valence-corrected chi connectivity index (χ4v) is 5.72. The van der Waals surface area contributed by atoms with Gasteiger partial charge in [-0.2, -0.15) is 5.10 Å². The average Bonchev–Trinajstić information content (AvgIpc) is 3.54. The number of thiophene rings is 1. The first kappa shape index (κ1) is 23.4. The van der Waals surface area contributed by atoms with Gasteiger partial charge in [-0.25, -0.2) is 0 Å². The Bertz CT molecular complexity index is 1210. The number of benzene rings is 1. The van der Waals surface area contributed by atoms with Gasteiger partial charge in [0.2, 0.25) is 5.91 Å². The largest absolute Gasteiger partial charge is 0.497 e. The monoisotopic (exact) mass is 494 g/mol. The Morgan fingerprint density at radius 2 is 1.83 bits per heavy atom. The molecule has 2 aromatic heterocycles. The van der Waals surface area contributed by atoms with E-state index in [9.17, 15) is 9.59 Å². The maximum atomic E-state index is 14.0. The predicted octanol–water partition coefficient (Wildman–Crippen LogP) is 4.50. The highest BCUT2D eigenvalue weighted by Gasteiger charge is 2.49. The van der Waals surface area contributed by atoms with Crippen LogP contribution in [0.25, 0.3) is 10.6 Å². The van der Waals surface area contributed by atoms with Gasteiger partial charge in [0.15, 0.2) is 0 Å². The molecule has 0 unspecified atom stereocenters. The van der Waals surface area contributed by atoms with Crippen molar-refractivity contribution in [2.75, 3.05) is 19.1 Å². The van der Waals surface area contributed by atoms with Gasteiger partial charge in [-0.3, -0.25) is 19.2 Å². The summed E-state index contributed by atoms with van der Waals surface area (Å²) in [6.07, 6.45) is 5.31. The molecular formula is C26H30N4O4S. The Hall–Kier alpha value is -3.33. The van der Waals surface area contributed by atoms with Crippen molar-refractivity contribution in [1.82, 2.24) is 15.1 Å². The topological polar surface area (TPSA) is 85.7 Å². The molecule has 0 bridgehead atoms. The molecule has 1 aliphatic carbocycles. The van der Waals surface area contributed by atoms with Crippen molar-refractivity contribution >= 4 is 28.8 Å². The predicted molar refractivity (Wildman–Crippen MR) is 135 cm³/mol. The highest BCUT2D eigenvalue weighted by Crippen LogP contribution is 2.38. The molecule has 1 aromatic carbocycles. The molecular weight excluding hydrogens is 464 g/mol. The highest BCUT2D eigenvalue weighted by atomic mass is 32.1. The Labute approximate surface area is 208 Å². The van der Waals surface area contributed by atoms with Crippen LogP contribution in [0.2, 0.25) is 0 Å². The van der Waals surface area contributed by atoms with Gasteiger partial charge in [0.25, 0.3) is 5.91 Å². The first-order valence-corrected chi connectivity index (χ1v) is 12.8. The standard InChI is InChI=1S/C26H30N4O4S/c1-26(25(32)27-17-8-5-4-6-9-17)16-29-22(15-21(28-29)23-10-7-11-35-23)24(31)30(26)18-12-19(33-2)14-20(13-18)34-3/h7,10-15,17H,4-6,8-9,16H2,1-3H3,(H,27,32)/t26-/m0/s1. The van der Waals surface area contributed by atoms with E-state index in [2.05, 4.69) is 5.32 Å². The number of hydrogen-bond donors (Lipinski definition) is 1. The van der Waals surface area contributed by atoms with Crippen LogP contribution in [0.4, 0.5) is 5.69 Å². The minimum absolute atomic E-state index is 0.116. The Morgan fingerprint density at radius 3 is 2.46 bits per heavy atom. The molecule has 2 amide bonds. The summed E-state index contributed by atoms with van der Waals surface area (Å²) in [7, 11) is 3.13. The molecule has 0 spiro atoms. The molecule has 1 N–H and O–H groups in total. The van der Waals surface area contributed by atoms with E-state index < -0.39 is 5.54 Å². The number of anilines is 1. The number of carbonyl (C=O) groups is 2. The van der Waals surface area contributed by atoms with Crippen molar-refractivity contribution in [3.8, 4) is 22.1 Å². The summed E-state index contributed by atoms with van der Waals surface area (Å²) in [5.41, 5.74) is 0.511. The third-order valence-electron chi connectivity index (χ3n) is 6.95. The van der Waals surface area contributed by atoms with Crippen molar-refractivity contribution in [3.05, 3.63) is 47.5 Å². The fraction of sp³-hybridized carbons (Fsp3) is 0.423. The lowest BCUT2D eigenvalue weighted by Gasteiger charge is -2.44. The van der Waals surface area contributed by atoms with Crippen LogP contribution in [0.15, 0.2) is 41.8 Å². The summed E-state index contributed by atoms with van der Waals surface area (Å²) in [5, 5.41) is 9.93. The Morgan fingerprint density at radius 1 is 1.11 bits per heavy atom. The molecule has 5 rings (SSSR count). The second-order valence-corrected chi connectivity index (χ2v) is 10.3. The van der Waals surface area contributed by atoms with Crippen molar-refractivity contribution < 1.29 is 19.1 Å². The summed E-state index contributed by atoms with van der Waals surface area (Å²) < 4.78 is 12.6. The van der Waals surface area contributed by atoms with Crippen LogP contribution < -0.4 is 19.7 Å². The van der Waals surface area contributed by atoms with Gasteiger partial charge in [0.05, 0.1) is 31.3 Å². The molecule has 3 aromatic rings. The molecule has 2 aliphatic rings. The van der Waals surface area contributed by atoms with E-state index in [1.54, 1.807) is 59.4 Å². The zero-order chi connectivity index (χ0) is 24.6. The zero-order valence-corrected chi connectivity index (χ0v) is 21.1. The number of ether oxygens (including phenoxy) is 2. The number of rotatable bonds is 6. The molecule has 1 saturated carbocycles.